The Morgan fingerprint density at radius 2 is 1.70 bits per heavy atom. The van der Waals surface area contributed by atoms with Gasteiger partial charge >= 0.3 is 5.97 Å². The van der Waals surface area contributed by atoms with Gasteiger partial charge in [-0.25, -0.2) is 9.78 Å². The highest BCUT2D eigenvalue weighted by atomic mass is 16.4. The van der Waals surface area contributed by atoms with Crippen LogP contribution in [-0.4, -0.2) is 80.6 Å². The number of H-pyrrole nitrogens is 1. The van der Waals surface area contributed by atoms with Gasteiger partial charge in [0.15, 0.2) is 0 Å². The summed E-state index contributed by atoms with van der Waals surface area (Å²) in [5.74, 6) is -5.16. The largest absolute Gasteiger partial charge is 0.480 e. The summed E-state index contributed by atoms with van der Waals surface area (Å²) in [7, 11) is 0. The van der Waals surface area contributed by atoms with Crippen molar-refractivity contribution in [1.29, 1.82) is 0 Å². The molecule has 0 aromatic carbocycles. The van der Waals surface area contributed by atoms with Crippen molar-refractivity contribution in [3.8, 4) is 0 Å². The fraction of sp³-hybridized carbons (Fsp3) is 0.579. The summed E-state index contributed by atoms with van der Waals surface area (Å²) in [6.07, 6.45) is 2.57. The van der Waals surface area contributed by atoms with Gasteiger partial charge in [-0.2, -0.15) is 0 Å². The lowest BCUT2D eigenvalue weighted by Crippen LogP contribution is -2.59. The van der Waals surface area contributed by atoms with Gasteiger partial charge in [-0.15, -0.1) is 0 Å². The van der Waals surface area contributed by atoms with Gasteiger partial charge in [-0.1, -0.05) is 20.3 Å². The van der Waals surface area contributed by atoms with Gasteiger partial charge in [0.2, 0.25) is 23.6 Å². The summed E-state index contributed by atoms with van der Waals surface area (Å²) in [5.41, 5.74) is 11.0. The van der Waals surface area contributed by atoms with Crippen molar-refractivity contribution in [2.45, 2.75) is 57.3 Å². The number of hydrogen-bond acceptors (Lipinski definition) is 8. The highest BCUT2D eigenvalue weighted by Crippen LogP contribution is 2.09. The molecule has 0 bridgehead atoms. The van der Waals surface area contributed by atoms with Crippen molar-refractivity contribution < 1.29 is 34.2 Å². The molecule has 5 unspecified atom stereocenters. The Labute approximate surface area is 189 Å². The number of aliphatic hydroxyl groups is 1. The molecule has 10 N–H and O–H groups in total. The number of aromatic amines is 1. The van der Waals surface area contributed by atoms with Gasteiger partial charge in [0.1, 0.15) is 24.2 Å². The number of carboxylic acids is 1. The Kier molecular flexibility index (Phi) is 10.9. The molecule has 4 amide bonds. The Morgan fingerprint density at radius 1 is 1.09 bits per heavy atom. The Morgan fingerprint density at radius 3 is 2.18 bits per heavy atom. The van der Waals surface area contributed by atoms with Crippen LogP contribution in [0.2, 0.25) is 0 Å². The number of imidazole rings is 1. The van der Waals surface area contributed by atoms with Gasteiger partial charge in [-0.3, -0.25) is 19.2 Å². The van der Waals surface area contributed by atoms with Gasteiger partial charge < -0.3 is 42.6 Å². The van der Waals surface area contributed by atoms with Crippen molar-refractivity contribution in [3.05, 3.63) is 18.2 Å². The van der Waals surface area contributed by atoms with Crippen LogP contribution in [0.5, 0.6) is 0 Å². The number of aliphatic hydroxyl groups excluding tert-OH is 1. The van der Waals surface area contributed by atoms with Crippen LogP contribution in [0.3, 0.4) is 0 Å². The molecule has 184 valence electrons. The summed E-state index contributed by atoms with van der Waals surface area (Å²) in [6.45, 7) is 2.73. The molecule has 1 aromatic rings. The van der Waals surface area contributed by atoms with E-state index in [-0.39, 0.29) is 6.42 Å². The number of carboxylic acid groups (broad SMARTS) is 1. The lowest BCUT2D eigenvalue weighted by Gasteiger charge is -2.26. The van der Waals surface area contributed by atoms with Crippen LogP contribution in [0.1, 0.15) is 32.4 Å². The molecule has 0 saturated heterocycles. The number of nitrogens with two attached hydrogens (primary N) is 2. The van der Waals surface area contributed by atoms with Gasteiger partial charge in [0, 0.05) is 18.3 Å². The minimum atomic E-state index is -1.48. The highest BCUT2D eigenvalue weighted by molar-refractivity contribution is 5.96. The maximum Gasteiger partial charge on any atom is 0.326 e. The topological polar surface area (TPSA) is 243 Å². The zero-order valence-electron chi connectivity index (χ0n) is 18.4. The zero-order valence-corrected chi connectivity index (χ0v) is 18.4. The monoisotopic (exact) mass is 469 g/mol. The SMILES string of the molecule is CCC(C)C(NC(=O)C(Cc1cnc[nH]1)NC(=O)C(CC(N)=O)NC(=O)C(N)CO)C(=O)O. The van der Waals surface area contributed by atoms with Gasteiger partial charge in [-0.05, 0) is 5.92 Å². The second kappa shape index (κ2) is 13.1. The summed E-state index contributed by atoms with van der Waals surface area (Å²) < 4.78 is 0. The maximum absolute atomic E-state index is 12.9. The molecule has 1 rings (SSSR count). The lowest BCUT2D eigenvalue weighted by molar-refractivity contribution is -0.144. The highest BCUT2D eigenvalue weighted by Gasteiger charge is 2.32. The van der Waals surface area contributed by atoms with E-state index in [9.17, 15) is 29.1 Å². The van der Waals surface area contributed by atoms with Crippen LogP contribution in [-0.2, 0) is 30.4 Å². The molecule has 0 spiro atoms. The van der Waals surface area contributed by atoms with E-state index < -0.39 is 72.7 Å². The molecule has 0 aliphatic carbocycles. The number of primary amides is 1. The van der Waals surface area contributed by atoms with Crippen LogP contribution in [0.4, 0.5) is 0 Å². The molecular weight excluding hydrogens is 438 g/mol. The minimum absolute atomic E-state index is 0.0855. The van der Waals surface area contributed by atoms with Crippen molar-refractivity contribution in [1.82, 2.24) is 25.9 Å². The molecule has 0 fully saturated rings. The molecule has 1 aromatic heterocycles. The second-order valence-electron chi connectivity index (χ2n) is 7.57. The Balaban J connectivity index is 3.09. The summed E-state index contributed by atoms with van der Waals surface area (Å²) in [6, 6.07) is -5.30. The average Bonchev–Trinajstić information content (AvgIpc) is 3.27. The number of nitrogens with one attached hydrogen (secondary N) is 4. The molecular formula is C19H31N7O7. The van der Waals surface area contributed by atoms with Crippen molar-refractivity contribution in [3.63, 3.8) is 0 Å². The molecule has 0 aliphatic heterocycles. The van der Waals surface area contributed by atoms with E-state index in [1.807, 2.05) is 0 Å². The molecule has 33 heavy (non-hydrogen) atoms. The van der Waals surface area contributed by atoms with E-state index >= 15 is 0 Å². The molecule has 0 aliphatic rings. The summed E-state index contributed by atoms with van der Waals surface area (Å²) in [4.78, 5) is 67.3. The number of rotatable bonds is 14. The second-order valence-corrected chi connectivity index (χ2v) is 7.57. The molecule has 14 heteroatoms. The number of aromatic nitrogens is 2. The van der Waals surface area contributed by atoms with E-state index in [0.717, 1.165) is 0 Å². The number of hydrogen-bond donors (Lipinski definition) is 8. The van der Waals surface area contributed by atoms with Crippen molar-refractivity contribution in [2.75, 3.05) is 6.61 Å². The summed E-state index contributed by atoms with van der Waals surface area (Å²) in [5, 5.41) is 25.5. The molecule has 5 atom stereocenters. The predicted octanol–water partition coefficient (Wildman–Crippen LogP) is -3.27. The first-order valence-electron chi connectivity index (χ1n) is 10.3. The number of aliphatic carboxylic acids is 1. The van der Waals surface area contributed by atoms with E-state index in [4.69, 9.17) is 16.6 Å². The van der Waals surface area contributed by atoms with Gasteiger partial charge in [0.05, 0.1) is 19.4 Å². The predicted molar refractivity (Wildman–Crippen MR) is 114 cm³/mol. The number of amides is 4. The molecule has 0 saturated carbocycles. The van der Waals surface area contributed by atoms with Crippen LogP contribution in [0.15, 0.2) is 12.5 Å². The Hall–Kier alpha value is -3.52. The van der Waals surface area contributed by atoms with Gasteiger partial charge in [0.25, 0.3) is 0 Å². The number of nitrogens with zero attached hydrogens (tertiary/aromatic N) is 1. The van der Waals surface area contributed by atoms with Crippen LogP contribution < -0.4 is 27.4 Å². The smallest absolute Gasteiger partial charge is 0.326 e. The van der Waals surface area contributed by atoms with E-state index in [0.29, 0.717) is 12.1 Å². The molecule has 0 radical (unpaired) electrons. The zero-order chi connectivity index (χ0) is 25.1. The lowest BCUT2D eigenvalue weighted by atomic mass is 9.98. The first kappa shape index (κ1) is 27.5. The third-order valence-electron chi connectivity index (χ3n) is 4.96. The van der Waals surface area contributed by atoms with Crippen LogP contribution in [0, 0.1) is 5.92 Å². The first-order chi connectivity index (χ1) is 15.5. The molecule has 14 nitrogen and oxygen atoms in total. The average molecular weight is 469 g/mol. The number of carbonyl (C=O) groups is 5. The maximum atomic E-state index is 12.9. The van der Waals surface area contributed by atoms with Crippen LogP contribution >= 0.6 is 0 Å². The fourth-order valence-electron chi connectivity index (χ4n) is 2.81. The minimum Gasteiger partial charge on any atom is -0.480 e. The summed E-state index contributed by atoms with van der Waals surface area (Å²) >= 11 is 0. The third-order valence-corrected chi connectivity index (χ3v) is 4.96. The van der Waals surface area contributed by atoms with E-state index in [1.54, 1.807) is 13.8 Å². The fourth-order valence-corrected chi connectivity index (χ4v) is 2.81. The quantitative estimate of drug-likeness (QED) is 0.136. The normalized spacial score (nSPS) is 15.4. The van der Waals surface area contributed by atoms with Crippen molar-refractivity contribution >= 4 is 29.6 Å². The first-order valence-corrected chi connectivity index (χ1v) is 10.3. The Bertz CT molecular complexity index is 830. The standard InChI is InChI=1S/C19H31N7O7/c1-3-9(2)15(19(32)33)26-18(31)12(4-10-6-22-8-23-10)25-17(30)13(5-14(21)28)24-16(29)11(20)7-27/h6,8-9,11-13,15,27H,3-5,7,20H2,1-2H3,(H2,21,28)(H,22,23)(H,24,29)(H,25,30)(H,26,31)(H,32,33). The third kappa shape index (κ3) is 8.86. The van der Waals surface area contributed by atoms with Crippen molar-refractivity contribution in [2.24, 2.45) is 17.4 Å². The van der Waals surface area contributed by atoms with Crippen LogP contribution in [0.25, 0.3) is 0 Å². The number of carbonyl (C=O) groups excluding carboxylic acids is 4. The van der Waals surface area contributed by atoms with E-state index in [2.05, 4.69) is 25.9 Å². The molecule has 1 heterocycles. The van der Waals surface area contributed by atoms with E-state index in [1.165, 1.54) is 12.5 Å².